The zero-order valence-corrected chi connectivity index (χ0v) is 11.0. The Morgan fingerprint density at radius 1 is 1.18 bits per heavy atom. The van der Waals surface area contributed by atoms with Crippen molar-refractivity contribution in [2.75, 3.05) is 6.54 Å². The van der Waals surface area contributed by atoms with Gasteiger partial charge in [0, 0.05) is 24.5 Å². The Hall–Kier alpha value is -0.570. The van der Waals surface area contributed by atoms with Crippen LogP contribution in [-0.4, -0.2) is 29.4 Å². The Labute approximate surface area is 105 Å². The first-order valence-corrected chi connectivity index (χ1v) is 7.28. The van der Waals surface area contributed by atoms with Crippen LogP contribution in [0.25, 0.3) is 0 Å². The van der Waals surface area contributed by atoms with Gasteiger partial charge >= 0.3 is 0 Å². The number of hydrogen-bond donors (Lipinski definition) is 1. The fourth-order valence-electron chi connectivity index (χ4n) is 3.02. The maximum absolute atomic E-state index is 12.4. The van der Waals surface area contributed by atoms with Crippen LogP contribution in [0.3, 0.4) is 0 Å². The molecule has 2 aliphatic rings. The maximum Gasteiger partial charge on any atom is 0.225 e. The quantitative estimate of drug-likeness (QED) is 0.817. The van der Waals surface area contributed by atoms with Gasteiger partial charge in [-0.1, -0.05) is 13.3 Å². The van der Waals surface area contributed by atoms with Gasteiger partial charge in [-0.05, 0) is 44.9 Å². The molecule has 3 nitrogen and oxygen atoms in total. The molecule has 0 bridgehead atoms. The van der Waals surface area contributed by atoms with Gasteiger partial charge in [0.2, 0.25) is 5.91 Å². The second-order valence-electron chi connectivity index (χ2n) is 5.73. The predicted molar refractivity (Wildman–Crippen MR) is 69.6 cm³/mol. The number of nitrogens with two attached hydrogens (primary N) is 1. The Morgan fingerprint density at radius 2 is 1.82 bits per heavy atom. The third-order valence-electron chi connectivity index (χ3n) is 4.38. The largest absolute Gasteiger partial charge is 0.339 e. The molecule has 0 aromatic heterocycles. The van der Waals surface area contributed by atoms with Crippen molar-refractivity contribution in [1.82, 2.24) is 4.90 Å². The van der Waals surface area contributed by atoms with Crippen molar-refractivity contribution in [3.8, 4) is 0 Å². The summed E-state index contributed by atoms with van der Waals surface area (Å²) in [4.78, 5) is 14.6. The molecule has 2 N–H and O–H groups in total. The first-order chi connectivity index (χ1) is 8.22. The average Bonchev–Trinajstić information content (AvgIpc) is 2.25. The van der Waals surface area contributed by atoms with Crippen molar-refractivity contribution >= 4 is 5.91 Å². The number of rotatable bonds is 4. The zero-order chi connectivity index (χ0) is 12.3. The van der Waals surface area contributed by atoms with E-state index in [1.807, 2.05) is 0 Å². The highest BCUT2D eigenvalue weighted by atomic mass is 16.2. The van der Waals surface area contributed by atoms with Crippen LogP contribution < -0.4 is 5.73 Å². The fraction of sp³-hybridized carbons (Fsp3) is 0.929. The first-order valence-electron chi connectivity index (χ1n) is 7.28. The zero-order valence-electron chi connectivity index (χ0n) is 11.0. The van der Waals surface area contributed by atoms with Gasteiger partial charge in [0.05, 0.1) is 0 Å². The second-order valence-corrected chi connectivity index (χ2v) is 5.73. The summed E-state index contributed by atoms with van der Waals surface area (Å²) in [5.74, 6) is 0.774. The molecule has 3 heteroatoms. The van der Waals surface area contributed by atoms with Crippen LogP contribution >= 0.6 is 0 Å². The van der Waals surface area contributed by atoms with E-state index < -0.39 is 0 Å². The molecule has 0 atom stereocenters. The van der Waals surface area contributed by atoms with Crippen molar-refractivity contribution in [2.24, 2.45) is 11.7 Å². The summed E-state index contributed by atoms with van der Waals surface area (Å²) in [7, 11) is 0. The summed E-state index contributed by atoms with van der Waals surface area (Å²) in [6.45, 7) is 3.10. The van der Waals surface area contributed by atoms with Gasteiger partial charge in [0.25, 0.3) is 0 Å². The third-order valence-corrected chi connectivity index (χ3v) is 4.38. The van der Waals surface area contributed by atoms with Crippen LogP contribution in [0.2, 0.25) is 0 Å². The number of amides is 1. The van der Waals surface area contributed by atoms with Crippen molar-refractivity contribution in [2.45, 2.75) is 70.4 Å². The summed E-state index contributed by atoms with van der Waals surface area (Å²) in [6, 6.07) is 0.844. The molecule has 98 valence electrons. The molecule has 0 saturated heterocycles. The Balaban J connectivity index is 1.93. The first kappa shape index (κ1) is 12.9. The van der Waals surface area contributed by atoms with Crippen LogP contribution in [0.4, 0.5) is 0 Å². The van der Waals surface area contributed by atoms with Crippen LogP contribution in [0.1, 0.15) is 58.3 Å². The Kier molecular flexibility index (Phi) is 4.43. The average molecular weight is 238 g/mol. The lowest BCUT2D eigenvalue weighted by Gasteiger charge is -2.39. The molecule has 17 heavy (non-hydrogen) atoms. The van der Waals surface area contributed by atoms with Gasteiger partial charge in [0.1, 0.15) is 0 Å². The summed E-state index contributed by atoms with van der Waals surface area (Å²) < 4.78 is 0. The summed E-state index contributed by atoms with van der Waals surface area (Å²) in [5.41, 5.74) is 5.94. The lowest BCUT2D eigenvalue weighted by Crippen LogP contribution is -2.48. The van der Waals surface area contributed by atoms with E-state index in [0.717, 1.165) is 51.5 Å². The molecule has 2 rings (SSSR count). The van der Waals surface area contributed by atoms with Gasteiger partial charge < -0.3 is 10.6 Å². The molecule has 2 fully saturated rings. The number of hydrogen-bond acceptors (Lipinski definition) is 2. The minimum Gasteiger partial charge on any atom is -0.339 e. The molecule has 2 saturated carbocycles. The Morgan fingerprint density at radius 3 is 2.29 bits per heavy atom. The molecule has 0 spiro atoms. The second kappa shape index (κ2) is 5.85. The smallest absolute Gasteiger partial charge is 0.225 e. The summed E-state index contributed by atoms with van der Waals surface area (Å²) in [6.07, 6.45) is 8.94. The van der Waals surface area contributed by atoms with Crippen molar-refractivity contribution in [1.29, 1.82) is 0 Å². The van der Waals surface area contributed by atoms with Crippen molar-refractivity contribution < 1.29 is 4.79 Å². The molecule has 1 amide bonds. The van der Waals surface area contributed by atoms with Gasteiger partial charge in [-0.15, -0.1) is 0 Å². The van der Waals surface area contributed by atoms with Crippen LogP contribution in [-0.2, 0) is 4.79 Å². The maximum atomic E-state index is 12.4. The fourth-order valence-corrected chi connectivity index (χ4v) is 3.02. The molecule has 0 aromatic rings. The van der Waals surface area contributed by atoms with E-state index in [1.165, 1.54) is 6.42 Å². The minimum absolute atomic E-state index is 0.345. The highest BCUT2D eigenvalue weighted by molar-refractivity contribution is 5.79. The molecule has 0 aliphatic heterocycles. The monoisotopic (exact) mass is 238 g/mol. The van der Waals surface area contributed by atoms with Crippen molar-refractivity contribution in [3.63, 3.8) is 0 Å². The van der Waals surface area contributed by atoms with E-state index in [0.29, 0.717) is 23.9 Å². The van der Waals surface area contributed by atoms with Crippen molar-refractivity contribution in [3.05, 3.63) is 0 Å². The standard InChI is InChI=1S/C14H26N2O/c1-2-10-16(14(17)11-4-3-5-11)13-8-6-12(15)7-9-13/h11-13H,2-10,15H2,1H3. The third kappa shape index (κ3) is 3.01. The van der Waals surface area contributed by atoms with E-state index in [1.54, 1.807) is 0 Å². The Bertz CT molecular complexity index is 255. The van der Waals surface area contributed by atoms with E-state index in [9.17, 15) is 4.79 Å². The number of carbonyl (C=O) groups is 1. The van der Waals surface area contributed by atoms with E-state index in [4.69, 9.17) is 5.73 Å². The molecular weight excluding hydrogens is 212 g/mol. The van der Waals surface area contributed by atoms with E-state index in [-0.39, 0.29) is 0 Å². The van der Waals surface area contributed by atoms with Crippen LogP contribution in [0.15, 0.2) is 0 Å². The molecule has 0 radical (unpaired) electrons. The number of nitrogens with zero attached hydrogens (tertiary/aromatic N) is 1. The molecule has 0 unspecified atom stereocenters. The van der Waals surface area contributed by atoms with Crippen LogP contribution in [0.5, 0.6) is 0 Å². The number of carbonyl (C=O) groups excluding carboxylic acids is 1. The molecule has 0 aromatic carbocycles. The predicted octanol–water partition coefficient (Wildman–Crippen LogP) is 2.29. The normalized spacial score (nSPS) is 29.8. The summed E-state index contributed by atoms with van der Waals surface area (Å²) >= 11 is 0. The topological polar surface area (TPSA) is 46.3 Å². The van der Waals surface area contributed by atoms with Gasteiger partial charge in [-0.2, -0.15) is 0 Å². The lowest BCUT2D eigenvalue weighted by atomic mass is 9.83. The van der Waals surface area contributed by atoms with Gasteiger partial charge in [-0.25, -0.2) is 0 Å². The van der Waals surface area contributed by atoms with Gasteiger partial charge in [-0.3, -0.25) is 4.79 Å². The van der Waals surface area contributed by atoms with E-state index in [2.05, 4.69) is 11.8 Å². The SMILES string of the molecule is CCCN(C(=O)C1CCC1)C1CCC(N)CC1. The van der Waals surface area contributed by atoms with Gasteiger partial charge in [0.15, 0.2) is 0 Å². The highest BCUT2D eigenvalue weighted by Gasteiger charge is 2.33. The molecular formula is C14H26N2O. The molecule has 0 heterocycles. The highest BCUT2D eigenvalue weighted by Crippen LogP contribution is 2.31. The van der Waals surface area contributed by atoms with Crippen LogP contribution in [0, 0.1) is 5.92 Å². The summed E-state index contributed by atoms with van der Waals surface area (Å²) in [5, 5.41) is 0. The molecule has 2 aliphatic carbocycles. The van der Waals surface area contributed by atoms with E-state index >= 15 is 0 Å². The minimum atomic E-state index is 0.345. The lowest BCUT2D eigenvalue weighted by molar-refractivity contribution is -0.141.